The van der Waals surface area contributed by atoms with Gasteiger partial charge in [-0.05, 0) is 25.1 Å². The van der Waals surface area contributed by atoms with Crippen molar-refractivity contribution in [3.8, 4) is 6.07 Å². The second-order valence-corrected chi connectivity index (χ2v) is 4.51. The molecule has 0 heterocycles. The van der Waals surface area contributed by atoms with Crippen LogP contribution in [0.2, 0.25) is 10.0 Å². The third-order valence-electron chi connectivity index (χ3n) is 2.00. The Balaban J connectivity index is 0.00000361. The van der Waals surface area contributed by atoms with Crippen LogP contribution in [-0.2, 0) is 22.2 Å². The van der Waals surface area contributed by atoms with Gasteiger partial charge in [-0.1, -0.05) is 28.2 Å². The van der Waals surface area contributed by atoms with E-state index in [1.54, 1.807) is 25.1 Å². The number of nitriles is 1. The van der Waals surface area contributed by atoms with Crippen LogP contribution in [0, 0.1) is 11.3 Å². The van der Waals surface area contributed by atoms with Crippen molar-refractivity contribution in [3.05, 3.63) is 38.8 Å². The number of nitrogens with one attached hydrogen (secondary N) is 1. The van der Waals surface area contributed by atoms with Gasteiger partial charge in [-0.15, -0.1) is 0 Å². The van der Waals surface area contributed by atoms with Crippen molar-refractivity contribution in [1.29, 1.82) is 5.26 Å². The van der Waals surface area contributed by atoms with Crippen LogP contribution in [-0.4, -0.2) is 12.6 Å². The number of ether oxygens (including phenoxy) is 1. The van der Waals surface area contributed by atoms with Crippen LogP contribution in [0.15, 0.2) is 28.8 Å². The fourth-order valence-corrected chi connectivity index (χ4v) is 1.70. The van der Waals surface area contributed by atoms with Gasteiger partial charge in [0.2, 0.25) is 0 Å². The SMILES string of the molecule is CCOC(=O)/C(C#N)=C(\[S-])Nc1ccc(Cl)c(Cl)c1.[Na+]. The molecule has 100 valence electrons. The Morgan fingerprint density at radius 3 is 2.60 bits per heavy atom. The molecule has 0 radical (unpaired) electrons. The van der Waals surface area contributed by atoms with E-state index in [9.17, 15) is 4.79 Å². The van der Waals surface area contributed by atoms with Gasteiger partial charge >= 0.3 is 35.5 Å². The smallest absolute Gasteiger partial charge is 0.761 e. The zero-order valence-electron chi connectivity index (χ0n) is 10.9. The molecule has 1 aromatic rings. The van der Waals surface area contributed by atoms with Crippen molar-refractivity contribution >= 4 is 47.5 Å². The molecule has 4 nitrogen and oxygen atoms in total. The van der Waals surface area contributed by atoms with E-state index in [0.717, 1.165) is 0 Å². The summed E-state index contributed by atoms with van der Waals surface area (Å²) >= 11 is 16.6. The molecule has 0 aliphatic carbocycles. The first kappa shape index (κ1) is 19.5. The van der Waals surface area contributed by atoms with Gasteiger partial charge in [-0.25, -0.2) is 4.79 Å². The number of nitrogens with zero attached hydrogens (tertiary/aromatic N) is 1. The topological polar surface area (TPSA) is 62.1 Å². The Bertz CT molecular complexity index is 573. The molecule has 0 saturated carbocycles. The maximum absolute atomic E-state index is 11.5. The maximum atomic E-state index is 11.5. The Labute approximate surface area is 154 Å². The van der Waals surface area contributed by atoms with Crippen LogP contribution >= 0.6 is 23.2 Å². The molecule has 1 aromatic carbocycles. The fourth-order valence-electron chi connectivity index (χ4n) is 1.16. The summed E-state index contributed by atoms with van der Waals surface area (Å²) < 4.78 is 4.72. The number of anilines is 1. The van der Waals surface area contributed by atoms with Gasteiger partial charge in [0.05, 0.1) is 16.7 Å². The first-order chi connectivity index (χ1) is 8.99. The van der Waals surface area contributed by atoms with E-state index in [1.807, 2.05) is 0 Å². The van der Waals surface area contributed by atoms with E-state index in [2.05, 4.69) is 5.32 Å². The van der Waals surface area contributed by atoms with E-state index in [0.29, 0.717) is 15.7 Å². The number of rotatable bonds is 4. The molecule has 1 N–H and O–H groups in total. The maximum Gasteiger partial charge on any atom is 1.00 e. The summed E-state index contributed by atoms with van der Waals surface area (Å²) in [6.45, 7) is 1.81. The average molecular weight is 339 g/mol. The van der Waals surface area contributed by atoms with E-state index in [4.69, 9.17) is 45.8 Å². The van der Waals surface area contributed by atoms with E-state index < -0.39 is 5.97 Å². The van der Waals surface area contributed by atoms with Gasteiger partial charge < -0.3 is 22.7 Å². The van der Waals surface area contributed by atoms with Crippen LogP contribution in [0.3, 0.4) is 0 Å². The third-order valence-corrected chi connectivity index (χ3v) is 3.04. The molecule has 0 saturated heterocycles. The zero-order chi connectivity index (χ0) is 14.4. The molecule has 0 aliphatic heterocycles. The molecule has 0 aromatic heterocycles. The predicted octanol–water partition coefficient (Wildman–Crippen LogP) is 0.254. The summed E-state index contributed by atoms with van der Waals surface area (Å²) in [6.07, 6.45) is 0. The van der Waals surface area contributed by atoms with Gasteiger partial charge in [-0.3, -0.25) is 0 Å². The van der Waals surface area contributed by atoms with Crippen LogP contribution in [0.1, 0.15) is 6.92 Å². The Kier molecular flexibility index (Phi) is 9.23. The minimum absolute atomic E-state index is 0. The summed E-state index contributed by atoms with van der Waals surface area (Å²) in [5.74, 6) is -0.762. The molecule has 0 bridgehead atoms. The molecule has 0 amide bonds. The van der Waals surface area contributed by atoms with Gasteiger partial charge in [0.15, 0.2) is 0 Å². The molecule has 20 heavy (non-hydrogen) atoms. The molecule has 0 atom stereocenters. The molecule has 1 rings (SSSR count). The number of carbonyl (C=O) groups excluding carboxylic acids is 1. The quantitative estimate of drug-likeness (QED) is 0.280. The summed E-state index contributed by atoms with van der Waals surface area (Å²) in [4.78, 5) is 11.5. The van der Waals surface area contributed by atoms with Crippen molar-refractivity contribution in [2.75, 3.05) is 11.9 Å². The van der Waals surface area contributed by atoms with Crippen LogP contribution < -0.4 is 34.9 Å². The van der Waals surface area contributed by atoms with E-state index in [1.165, 1.54) is 6.07 Å². The molecule has 0 unspecified atom stereocenters. The van der Waals surface area contributed by atoms with Crippen LogP contribution in [0.25, 0.3) is 0 Å². The standard InChI is InChI=1S/C12H10Cl2N2O2S.Na/c1-2-18-12(17)8(6-15)11(19)16-7-3-4-9(13)10(14)5-7;/h3-5,16,19H,2H2,1H3;/q;+1/p-1/b11-8-;. The average Bonchev–Trinajstić information content (AvgIpc) is 2.35. The second kappa shape index (κ2) is 9.46. The largest absolute Gasteiger partial charge is 1.00 e. The van der Waals surface area contributed by atoms with E-state index >= 15 is 0 Å². The fraction of sp³-hybridized carbons (Fsp3) is 0.167. The number of esters is 1. The number of carbonyl (C=O) groups is 1. The van der Waals surface area contributed by atoms with Gasteiger partial charge in [-0.2, -0.15) is 5.26 Å². The first-order valence-electron chi connectivity index (χ1n) is 5.20. The second-order valence-electron chi connectivity index (χ2n) is 3.29. The van der Waals surface area contributed by atoms with Crippen molar-refractivity contribution in [3.63, 3.8) is 0 Å². The Morgan fingerprint density at radius 2 is 2.10 bits per heavy atom. The molecule has 0 spiro atoms. The summed E-state index contributed by atoms with van der Waals surface area (Å²) in [5.41, 5.74) is 0.263. The third kappa shape index (κ3) is 5.49. The molecule has 0 aliphatic rings. The van der Waals surface area contributed by atoms with Crippen LogP contribution in [0.5, 0.6) is 0 Å². The zero-order valence-corrected chi connectivity index (χ0v) is 15.2. The number of hydrogen-bond acceptors (Lipinski definition) is 5. The summed E-state index contributed by atoms with van der Waals surface area (Å²) in [7, 11) is 0. The number of benzene rings is 1. The van der Waals surface area contributed by atoms with Crippen LogP contribution in [0.4, 0.5) is 5.69 Å². The Morgan fingerprint density at radius 1 is 1.45 bits per heavy atom. The van der Waals surface area contributed by atoms with Crippen molar-refractivity contribution in [2.45, 2.75) is 6.92 Å². The van der Waals surface area contributed by atoms with Gasteiger partial charge in [0.1, 0.15) is 11.6 Å². The molecular weight excluding hydrogens is 330 g/mol. The first-order valence-corrected chi connectivity index (χ1v) is 6.36. The summed E-state index contributed by atoms with van der Waals surface area (Å²) in [6, 6.07) is 6.45. The Hall–Kier alpha value is -0.480. The minimum atomic E-state index is -0.762. The molecule has 0 fully saturated rings. The number of hydrogen-bond donors (Lipinski definition) is 1. The summed E-state index contributed by atoms with van der Waals surface area (Å²) in [5, 5.41) is 12.3. The normalized spacial score (nSPS) is 10.7. The monoisotopic (exact) mass is 338 g/mol. The minimum Gasteiger partial charge on any atom is -0.761 e. The van der Waals surface area contributed by atoms with Gasteiger partial charge in [0, 0.05) is 5.69 Å². The predicted molar refractivity (Wildman–Crippen MR) is 76.7 cm³/mol. The molecule has 8 heteroatoms. The van der Waals surface area contributed by atoms with Gasteiger partial charge in [0.25, 0.3) is 0 Å². The number of halogens is 2. The van der Waals surface area contributed by atoms with Crippen molar-refractivity contribution < 1.29 is 39.1 Å². The van der Waals surface area contributed by atoms with Crippen molar-refractivity contribution in [1.82, 2.24) is 0 Å². The van der Waals surface area contributed by atoms with Crippen molar-refractivity contribution in [2.24, 2.45) is 0 Å². The molecular formula is C12H9Cl2N2NaO2S. The van der Waals surface area contributed by atoms with E-state index in [-0.39, 0.29) is 46.8 Å².